The minimum atomic E-state index is 0.222. The number of nitrogens with zero attached hydrogens (tertiary/aromatic N) is 1. The van der Waals surface area contributed by atoms with Crippen LogP contribution in [0.5, 0.6) is 0 Å². The Morgan fingerprint density at radius 3 is 2.21 bits per heavy atom. The van der Waals surface area contributed by atoms with Crippen molar-refractivity contribution in [2.75, 3.05) is 19.6 Å². The summed E-state index contributed by atoms with van der Waals surface area (Å²) >= 11 is 0. The van der Waals surface area contributed by atoms with E-state index < -0.39 is 0 Å². The van der Waals surface area contributed by atoms with Gasteiger partial charge in [-0.3, -0.25) is 4.79 Å². The van der Waals surface area contributed by atoms with Gasteiger partial charge in [-0.2, -0.15) is 0 Å². The van der Waals surface area contributed by atoms with Crippen molar-refractivity contribution in [3.05, 3.63) is 0 Å². The monoisotopic (exact) mass is 268 g/mol. The summed E-state index contributed by atoms with van der Waals surface area (Å²) in [6.07, 6.45) is 4.42. The number of nitrogens with two attached hydrogens (primary N) is 1. The zero-order valence-electron chi connectivity index (χ0n) is 13.2. The maximum atomic E-state index is 12.7. The van der Waals surface area contributed by atoms with Crippen molar-refractivity contribution in [2.45, 2.75) is 53.4 Å². The Bertz CT molecular complexity index is 266. The van der Waals surface area contributed by atoms with Crippen LogP contribution in [0.15, 0.2) is 0 Å². The van der Waals surface area contributed by atoms with Crippen LogP contribution in [0.4, 0.5) is 0 Å². The first-order valence-corrected chi connectivity index (χ1v) is 7.92. The van der Waals surface area contributed by atoms with Crippen LogP contribution in [0.25, 0.3) is 0 Å². The third-order valence-electron chi connectivity index (χ3n) is 3.95. The molecule has 0 aromatic heterocycles. The van der Waals surface area contributed by atoms with Crippen LogP contribution in [0.1, 0.15) is 53.4 Å². The topological polar surface area (TPSA) is 46.3 Å². The molecule has 112 valence electrons. The van der Waals surface area contributed by atoms with Crippen molar-refractivity contribution < 1.29 is 4.79 Å². The van der Waals surface area contributed by atoms with Gasteiger partial charge in [0.05, 0.1) is 0 Å². The summed E-state index contributed by atoms with van der Waals surface area (Å²) in [5, 5.41) is 0. The Labute approximate surface area is 118 Å². The molecule has 2 atom stereocenters. The molecule has 19 heavy (non-hydrogen) atoms. The SMILES string of the molecule is CC(C)CN(CC(C)C)C(=O)C1CCCC(CN)C1. The second-order valence-corrected chi connectivity index (χ2v) is 7.00. The Hall–Kier alpha value is -0.570. The zero-order valence-corrected chi connectivity index (χ0v) is 13.2. The number of amides is 1. The minimum absolute atomic E-state index is 0.222. The van der Waals surface area contributed by atoms with Gasteiger partial charge in [-0.1, -0.05) is 34.1 Å². The van der Waals surface area contributed by atoms with Gasteiger partial charge < -0.3 is 10.6 Å². The fourth-order valence-electron chi connectivity index (χ4n) is 3.12. The maximum absolute atomic E-state index is 12.7. The first-order chi connectivity index (χ1) is 8.93. The minimum Gasteiger partial charge on any atom is -0.342 e. The zero-order chi connectivity index (χ0) is 14.4. The van der Waals surface area contributed by atoms with E-state index >= 15 is 0 Å². The second kappa shape index (κ2) is 7.88. The van der Waals surface area contributed by atoms with Crippen LogP contribution in [0, 0.1) is 23.7 Å². The Morgan fingerprint density at radius 1 is 1.16 bits per heavy atom. The molecule has 0 bridgehead atoms. The summed E-state index contributed by atoms with van der Waals surface area (Å²) in [4.78, 5) is 14.8. The van der Waals surface area contributed by atoms with Crippen LogP contribution < -0.4 is 5.73 Å². The van der Waals surface area contributed by atoms with E-state index in [1.54, 1.807) is 0 Å². The standard InChI is InChI=1S/C16H32N2O/c1-12(2)10-18(11-13(3)4)16(19)15-7-5-6-14(8-15)9-17/h12-15H,5-11,17H2,1-4H3. The van der Waals surface area contributed by atoms with Crippen LogP contribution in [0.3, 0.4) is 0 Å². The van der Waals surface area contributed by atoms with Gasteiger partial charge in [0.25, 0.3) is 0 Å². The molecule has 0 aliphatic heterocycles. The number of carbonyl (C=O) groups excluding carboxylic acids is 1. The van der Waals surface area contributed by atoms with E-state index in [1.165, 1.54) is 6.42 Å². The highest BCUT2D eigenvalue weighted by molar-refractivity contribution is 5.79. The fourth-order valence-corrected chi connectivity index (χ4v) is 3.12. The quantitative estimate of drug-likeness (QED) is 0.805. The predicted molar refractivity (Wildman–Crippen MR) is 80.8 cm³/mol. The lowest BCUT2D eigenvalue weighted by atomic mass is 9.80. The van der Waals surface area contributed by atoms with E-state index in [2.05, 4.69) is 32.6 Å². The fraction of sp³-hybridized carbons (Fsp3) is 0.938. The van der Waals surface area contributed by atoms with Gasteiger partial charge in [0.2, 0.25) is 5.91 Å². The molecular formula is C16H32N2O. The molecule has 3 nitrogen and oxygen atoms in total. The smallest absolute Gasteiger partial charge is 0.225 e. The molecule has 1 fully saturated rings. The van der Waals surface area contributed by atoms with Crippen molar-refractivity contribution >= 4 is 5.91 Å². The summed E-state index contributed by atoms with van der Waals surface area (Å²) in [7, 11) is 0. The van der Waals surface area contributed by atoms with Crippen LogP contribution >= 0.6 is 0 Å². The highest BCUT2D eigenvalue weighted by atomic mass is 16.2. The highest BCUT2D eigenvalue weighted by Crippen LogP contribution is 2.30. The van der Waals surface area contributed by atoms with E-state index in [9.17, 15) is 4.79 Å². The van der Waals surface area contributed by atoms with Gasteiger partial charge in [0.1, 0.15) is 0 Å². The third-order valence-corrected chi connectivity index (χ3v) is 3.95. The van der Waals surface area contributed by atoms with E-state index in [1.807, 2.05) is 0 Å². The molecule has 0 aromatic carbocycles. The molecular weight excluding hydrogens is 236 g/mol. The molecule has 3 heteroatoms. The molecule has 1 rings (SSSR count). The largest absolute Gasteiger partial charge is 0.342 e. The molecule has 0 heterocycles. The summed E-state index contributed by atoms with van der Waals surface area (Å²) in [5.74, 6) is 2.23. The first kappa shape index (κ1) is 16.5. The van der Waals surface area contributed by atoms with Crippen LogP contribution in [-0.4, -0.2) is 30.4 Å². The molecule has 0 spiro atoms. The molecule has 1 aliphatic rings. The van der Waals surface area contributed by atoms with Gasteiger partial charge in [-0.15, -0.1) is 0 Å². The Morgan fingerprint density at radius 2 is 1.74 bits per heavy atom. The number of rotatable bonds is 6. The van der Waals surface area contributed by atoms with Crippen LogP contribution in [0.2, 0.25) is 0 Å². The Kier molecular flexibility index (Phi) is 6.84. The van der Waals surface area contributed by atoms with Gasteiger partial charge in [0.15, 0.2) is 0 Å². The van der Waals surface area contributed by atoms with Crippen molar-refractivity contribution in [3.8, 4) is 0 Å². The lowest BCUT2D eigenvalue weighted by molar-refractivity contribution is -0.138. The first-order valence-electron chi connectivity index (χ1n) is 7.92. The molecule has 2 N–H and O–H groups in total. The van der Waals surface area contributed by atoms with Crippen LogP contribution in [-0.2, 0) is 4.79 Å². The van der Waals surface area contributed by atoms with Gasteiger partial charge in [-0.25, -0.2) is 0 Å². The third kappa shape index (κ3) is 5.52. The van der Waals surface area contributed by atoms with E-state index in [-0.39, 0.29) is 5.92 Å². The average molecular weight is 268 g/mol. The van der Waals surface area contributed by atoms with Crippen molar-refractivity contribution in [1.82, 2.24) is 4.90 Å². The summed E-state index contributed by atoms with van der Waals surface area (Å²) in [6.45, 7) is 11.3. The van der Waals surface area contributed by atoms with Gasteiger partial charge in [-0.05, 0) is 43.6 Å². The molecule has 2 unspecified atom stereocenters. The Balaban J connectivity index is 2.63. The normalized spacial score (nSPS) is 23.9. The molecule has 1 aliphatic carbocycles. The van der Waals surface area contributed by atoms with Gasteiger partial charge >= 0.3 is 0 Å². The van der Waals surface area contributed by atoms with E-state index in [0.29, 0.717) is 23.7 Å². The summed E-state index contributed by atoms with van der Waals surface area (Å²) in [5.41, 5.74) is 5.78. The lowest BCUT2D eigenvalue weighted by Gasteiger charge is -2.34. The maximum Gasteiger partial charge on any atom is 0.225 e. The second-order valence-electron chi connectivity index (χ2n) is 7.00. The average Bonchev–Trinajstić information content (AvgIpc) is 2.36. The molecule has 1 amide bonds. The molecule has 0 aromatic rings. The number of carbonyl (C=O) groups is 1. The number of hydrogen-bond donors (Lipinski definition) is 1. The number of hydrogen-bond acceptors (Lipinski definition) is 2. The lowest BCUT2D eigenvalue weighted by Crippen LogP contribution is -2.42. The van der Waals surface area contributed by atoms with Crippen molar-refractivity contribution in [3.63, 3.8) is 0 Å². The van der Waals surface area contributed by atoms with E-state index in [0.717, 1.165) is 38.9 Å². The highest BCUT2D eigenvalue weighted by Gasteiger charge is 2.30. The molecule has 1 saturated carbocycles. The molecule has 0 saturated heterocycles. The van der Waals surface area contributed by atoms with Gasteiger partial charge in [0, 0.05) is 19.0 Å². The summed E-state index contributed by atoms with van der Waals surface area (Å²) < 4.78 is 0. The predicted octanol–water partition coefficient (Wildman–Crippen LogP) is 2.89. The van der Waals surface area contributed by atoms with Crippen molar-refractivity contribution in [1.29, 1.82) is 0 Å². The van der Waals surface area contributed by atoms with E-state index in [4.69, 9.17) is 5.73 Å². The summed E-state index contributed by atoms with van der Waals surface area (Å²) in [6, 6.07) is 0. The van der Waals surface area contributed by atoms with Crippen molar-refractivity contribution in [2.24, 2.45) is 29.4 Å². The molecule has 0 radical (unpaired) electrons.